The molecule has 0 bridgehead atoms. The number of hydrogen-bond donors (Lipinski definition) is 1. The van der Waals surface area contributed by atoms with Crippen LogP contribution in [0.2, 0.25) is 5.02 Å². The molecule has 0 amide bonds. The van der Waals surface area contributed by atoms with Gasteiger partial charge in [-0.25, -0.2) is 13.4 Å². The van der Waals surface area contributed by atoms with Crippen LogP contribution >= 0.6 is 23.4 Å². The Hall–Kier alpha value is -2.22. The van der Waals surface area contributed by atoms with E-state index in [1.807, 2.05) is 32.0 Å². The maximum Gasteiger partial charge on any atom is 0.261 e. The van der Waals surface area contributed by atoms with Gasteiger partial charge in [-0.05, 0) is 68.4 Å². The summed E-state index contributed by atoms with van der Waals surface area (Å²) in [6, 6.07) is 16.8. The van der Waals surface area contributed by atoms with Gasteiger partial charge in [0.15, 0.2) is 0 Å². The summed E-state index contributed by atoms with van der Waals surface area (Å²) in [5, 5.41) is 1.25. The standard InChI is InChI=1S/C20H19ClN2O3S2/c1-14(2)26-16-7-9-17(10-8-16)28(24,25)23-18-11-6-15(21)13-19(18)27-20-5-3-4-12-22-20/h3-14,23H,1-2H3. The van der Waals surface area contributed by atoms with E-state index in [4.69, 9.17) is 16.3 Å². The molecular formula is C20H19ClN2O3S2. The van der Waals surface area contributed by atoms with Crippen molar-refractivity contribution in [3.63, 3.8) is 0 Å². The van der Waals surface area contributed by atoms with Crippen molar-refractivity contribution in [2.45, 2.75) is 34.8 Å². The molecule has 0 aliphatic rings. The van der Waals surface area contributed by atoms with Gasteiger partial charge in [0.05, 0.1) is 16.7 Å². The number of anilines is 1. The van der Waals surface area contributed by atoms with Gasteiger partial charge in [0.1, 0.15) is 10.8 Å². The third kappa shape index (κ3) is 5.41. The van der Waals surface area contributed by atoms with Gasteiger partial charge in [0.25, 0.3) is 10.0 Å². The van der Waals surface area contributed by atoms with Crippen molar-refractivity contribution in [3.05, 3.63) is 71.9 Å². The van der Waals surface area contributed by atoms with Crippen LogP contribution in [0.5, 0.6) is 5.75 Å². The molecule has 0 unspecified atom stereocenters. The third-order valence-corrected chi connectivity index (χ3v) is 6.17. The highest BCUT2D eigenvalue weighted by atomic mass is 35.5. The zero-order chi connectivity index (χ0) is 20.1. The van der Waals surface area contributed by atoms with Crippen molar-refractivity contribution in [1.29, 1.82) is 0 Å². The molecule has 0 radical (unpaired) electrons. The summed E-state index contributed by atoms with van der Waals surface area (Å²) in [5.41, 5.74) is 0.433. The summed E-state index contributed by atoms with van der Waals surface area (Å²) in [6.45, 7) is 3.82. The monoisotopic (exact) mass is 434 g/mol. The lowest BCUT2D eigenvalue weighted by Gasteiger charge is -2.14. The minimum Gasteiger partial charge on any atom is -0.491 e. The number of pyridine rings is 1. The smallest absolute Gasteiger partial charge is 0.261 e. The maximum absolute atomic E-state index is 12.8. The molecule has 0 saturated heterocycles. The highest BCUT2D eigenvalue weighted by molar-refractivity contribution is 7.99. The van der Waals surface area contributed by atoms with E-state index in [0.29, 0.717) is 21.4 Å². The van der Waals surface area contributed by atoms with Crippen LogP contribution < -0.4 is 9.46 Å². The lowest BCUT2D eigenvalue weighted by Crippen LogP contribution is -2.13. The Kier molecular flexibility index (Phi) is 6.49. The van der Waals surface area contributed by atoms with Crippen LogP contribution in [0.4, 0.5) is 5.69 Å². The summed E-state index contributed by atoms with van der Waals surface area (Å²) in [4.78, 5) is 5.07. The van der Waals surface area contributed by atoms with Crippen molar-refractivity contribution < 1.29 is 13.2 Å². The Morgan fingerprint density at radius 1 is 1.07 bits per heavy atom. The van der Waals surface area contributed by atoms with Gasteiger partial charge in [0.2, 0.25) is 0 Å². The van der Waals surface area contributed by atoms with Crippen LogP contribution in [0.3, 0.4) is 0 Å². The molecule has 5 nitrogen and oxygen atoms in total. The molecule has 1 aromatic heterocycles. The van der Waals surface area contributed by atoms with Crippen molar-refractivity contribution >= 4 is 39.1 Å². The molecule has 3 aromatic rings. The topological polar surface area (TPSA) is 68.3 Å². The molecule has 0 aliphatic carbocycles. The van der Waals surface area contributed by atoms with Gasteiger partial charge in [-0.2, -0.15) is 0 Å². The number of halogens is 1. The summed E-state index contributed by atoms with van der Waals surface area (Å²) in [6.07, 6.45) is 1.69. The number of benzene rings is 2. The average molecular weight is 435 g/mol. The van der Waals surface area contributed by atoms with Gasteiger partial charge in [-0.3, -0.25) is 4.72 Å². The molecule has 0 aliphatic heterocycles. The van der Waals surface area contributed by atoms with Crippen LogP contribution in [0.1, 0.15) is 13.8 Å². The van der Waals surface area contributed by atoms with E-state index in [1.165, 1.54) is 23.9 Å². The van der Waals surface area contributed by atoms with Crippen molar-refractivity contribution in [1.82, 2.24) is 4.98 Å². The molecule has 3 rings (SSSR count). The highest BCUT2D eigenvalue weighted by Gasteiger charge is 2.17. The van der Waals surface area contributed by atoms with Gasteiger partial charge in [-0.1, -0.05) is 29.4 Å². The fourth-order valence-electron chi connectivity index (χ4n) is 2.36. The van der Waals surface area contributed by atoms with Gasteiger partial charge in [0, 0.05) is 16.1 Å². The summed E-state index contributed by atoms with van der Waals surface area (Å²) in [5.74, 6) is 0.617. The van der Waals surface area contributed by atoms with E-state index in [2.05, 4.69) is 9.71 Å². The van der Waals surface area contributed by atoms with Crippen molar-refractivity contribution in [3.8, 4) is 5.75 Å². The number of aromatic nitrogens is 1. The number of ether oxygens (including phenoxy) is 1. The predicted molar refractivity (Wildman–Crippen MR) is 113 cm³/mol. The maximum atomic E-state index is 12.8. The van der Waals surface area contributed by atoms with Gasteiger partial charge >= 0.3 is 0 Å². The molecule has 0 fully saturated rings. The van der Waals surface area contributed by atoms with E-state index in [1.54, 1.807) is 36.5 Å². The Labute approximate surface area is 174 Å². The quantitative estimate of drug-likeness (QED) is 0.533. The van der Waals surface area contributed by atoms with Crippen LogP contribution in [0.15, 0.2) is 81.7 Å². The van der Waals surface area contributed by atoms with Gasteiger partial charge in [-0.15, -0.1) is 0 Å². The second kappa shape index (κ2) is 8.86. The molecule has 146 valence electrons. The molecule has 28 heavy (non-hydrogen) atoms. The number of nitrogens with one attached hydrogen (secondary N) is 1. The molecule has 0 atom stereocenters. The minimum atomic E-state index is -3.77. The van der Waals surface area contributed by atoms with E-state index < -0.39 is 10.0 Å². The number of rotatable bonds is 7. The Morgan fingerprint density at radius 3 is 2.46 bits per heavy atom. The van der Waals surface area contributed by atoms with Crippen LogP contribution in [0, 0.1) is 0 Å². The molecule has 8 heteroatoms. The first-order valence-electron chi connectivity index (χ1n) is 8.51. The Bertz CT molecular complexity index is 1040. The SMILES string of the molecule is CC(C)Oc1ccc(S(=O)(=O)Nc2ccc(Cl)cc2Sc2ccccn2)cc1. The fourth-order valence-corrected chi connectivity index (χ4v) is 4.64. The molecular weight excluding hydrogens is 416 g/mol. The Morgan fingerprint density at radius 2 is 1.82 bits per heavy atom. The van der Waals surface area contributed by atoms with Crippen LogP contribution in [0.25, 0.3) is 0 Å². The van der Waals surface area contributed by atoms with Crippen LogP contribution in [-0.2, 0) is 10.0 Å². The number of hydrogen-bond acceptors (Lipinski definition) is 5. The normalized spacial score (nSPS) is 11.4. The fraction of sp³-hybridized carbons (Fsp3) is 0.150. The van der Waals surface area contributed by atoms with E-state index in [9.17, 15) is 8.42 Å². The van der Waals surface area contributed by atoms with E-state index >= 15 is 0 Å². The largest absolute Gasteiger partial charge is 0.491 e. The van der Waals surface area contributed by atoms with E-state index in [0.717, 1.165) is 5.03 Å². The molecule has 0 spiro atoms. The first-order chi connectivity index (χ1) is 13.3. The summed E-state index contributed by atoms with van der Waals surface area (Å²) < 4.78 is 33.8. The summed E-state index contributed by atoms with van der Waals surface area (Å²) >= 11 is 7.44. The second-order valence-corrected chi connectivity index (χ2v) is 9.34. The Balaban J connectivity index is 1.86. The van der Waals surface area contributed by atoms with Crippen LogP contribution in [-0.4, -0.2) is 19.5 Å². The zero-order valence-corrected chi connectivity index (χ0v) is 17.7. The summed E-state index contributed by atoms with van der Waals surface area (Å²) in [7, 11) is -3.77. The molecule has 1 heterocycles. The first-order valence-corrected chi connectivity index (χ1v) is 11.2. The first kappa shape index (κ1) is 20.5. The lowest BCUT2D eigenvalue weighted by atomic mass is 10.3. The molecule has 0 saturated carbocycles. The zero-order valence-electron chi connectivity index (χ0n) is 15.3. The predicted octanol–water partition coefficient (Wildman–Crippen LogP) is 5.47. The third-order valence-electron chi connectivity index (χ3n) is 3.55. The van der Waals surface area contributed by atoms with Crippen molar-refractivity contribution in [2.75, 3.05) is 4.72 Å². The minimum absolute atomic E-state index is 0.0147. The second-order valence-electron chi connectivity index (χ2n) is 6.15. The lowest BCUT2D eigenvalue weighted by molar-refractivity contribution is 0.242. The van der Waals surface area contributed by atoms with Gasteiger partial charge < -0.3 is 4.74 Å². The number of sulfonamides is 1. The van der Waals surface area contributed by atoms with E-state index in [-0.39, 0.29) is 11.0 Å². The highest BCUT2D eigenvalue weighted by Crippen LogP contribution is 2.35. The van der Waals surface area contributed by atoms with Crippen molar-refractivity contribution in [2.24, 2.45) is 0 Å². The molecule has 1 N–H and O–H groups in total. The average Bonchev–Trinajstić information content (AvgIpc) is 2.65. The molecule has 2 aromatic carbocycles. The number of nitrogens with zero attached hydrogens (tertiary/aromatic N) is 1.